The Balaban J connectivity index is 2.50. The SMILES string of the molecule is CCN(C1CCCNC1)C(C)C(C)C. The van der Waals surface area contributed by atoms with E-state index in [0.717, 1.165) is 12.0 Å². The summed E-state index contributed by atoms with van der Waals surface area (Å²) >= 11 is 0. The van der Waals surface area contributed by atoms with Crippen LogP contribution in [0.5, 0.6) is 0 Å². The summed E-state index contributed by atoms with van der Waals surface area (Å²) in [6.07, 6.45) is 2.71. The third-order valence-electron chi connectivity index (χ3n) is 3.59. The topological polar surface area (TPSA) is 15.3 Å². The van der Waals surface area contributed by atoms with Gasteiger partial charge in [-0.05, 0) is 38.8 Å². The minimum atomic E-state index is 0.713. The molecule has 0 aromatic heterocycles. The van der Waals surface area contributed by atoms with Crippen LogP contribution >= 0.6 is 0 Å². The largest absolute Gasteiger partial charge is 0.315 e. The molecule has 2 heteroatoms. The van der Waals surface area contributed by atoms with E-state index < -0.39 is 0 Å². The highest BCUT2D eigenvalue weighted by molar-refractivity contribution is 4.82. The summed E-state index contributed by atoms with van der Waals surface area (Å²) in [4.78, 5) is 2.66. The Kier molecular flexibility index (Phi) is 4.90. The normalized spacial score (nSPS) is 25.7. The highest BCUT2D eigenvalue weighted by Crippen LogP contribution is 2.17. The van der Waals surface area contributed by atoms with E-state index in [1.165, 1.54) is 32.5 Å². The number of likely N-dealkylation sites (N-methyl/N-ethyl adjacent to an activating group) is 1. The van der Waals surface area contributed by atoms with Crippen LogP contribution in [0, 0.1) is 5.92 Å². The average Bonchev–Trinajstić information content (AvgIpc) is 2.20. The molecule has 0 amide bonds. The van der Waals surface area contributed by atoms with Gasteiger partial charge in [-0.2, -0.15) is 0 Å². The molecule has 84 valence electrons. The lowest BCUT2D eigenvalue weighted by Crippen LogP contribution is -2.50. The molecule has 0 aliphatic carbocycles. The van der Waals surface area contributed by atoms with E-state index in [-0.39, 0.29) is 0 Å². The minimum absolute atomic E-state index is 0.713. The van der Waals surface area contributed by atoms with E-state index in [4.69, 9.17) is 0 Å². The maximum Gasteiger partial charge on any atom is 0.0223 e. The Bertz CT molecular complexity index is 150. The van der Waals surface area contributed by atoms with Crippen LogP contribution in [-0.4, -0.2) is 36.6 Å². The summed E-state index contributed by atoms with van der Waals surface area (Å²) in [6, 6.07) is 1.48. The molecule has 1 heterocycles. The van der Waals surface area contributed by atoms with E-state index in [0.29, 0.717) is 6.04 Å². The van der Waals surface area contributed by atoms with Crippen LogP contribution in [0.3, 0.4) is 0 Å². The predicted molar refractivity (Wildman–Crippen MR) is 62.6 cm³/mol. The van der Waals surface area contributed by atoms with Gasteiger partial charge in [0.2, 0.25) is 0 Å². The van der Waals surface area contributed by atoms with Gasteiger partial charge in [-0.25, -0.2) is 0 Å². The quantitative estimate of drug-likeness (QED) is 0.744. The van der Waals surface area contributed by atoms with E-state index >= 15 is 0 Å². The molecular weight excluding hydrogens is 172 g/mol. The van der Waals surface area contributed by atoms with Crippen molar-refractivity contribution in [3.63, 3.8) is 0 Å². The van der Waals surface area contributed by atoms with Crippen LogP contribution in [0.4, 0.5) is 0 Å². The molecule has 0 radical (unpaired) electrons. The molecule has 0 spiro atoms. The van der Waals surface area contributed by atoms with Crippen LogP contribution < -0.4 is 5.32 Å². The summed E-state index contributed by atoms with van der Waals surface area (Å²) < 4.78 is 0. The van der Waals surface area contributed by atoms with Crippen molar-refractivity contribution in [2.24, 2.45) is 5.92 Å². The van der Waals surface area contributed by atoms with Crippen LogP contribution in [0.2, 0.25) is 0 Å². The zero-order valence-corrected chi connectivity index (χ0v) is 10.2. The Morgan fingerprint density at radius 1 is 1.36 bits per heavy atom. The first-order chi connectivity index (χ1) is 6.66. The summed E-state index contributed by atoms with van der Waals surface area (Å²) in [5, 5.41) is 3.50. The predicted octanol–water partition coefficient (Wildman–Crippen LogP) is 2.10. The molecule has 1 saturated heterocycles. The van der Waals surface area contributed by atoms with E-state index in [1.807, 2.05) is 0 Å². The molecule has 2 atom stereocenters. The Hall–Kier alpha value is -0.0800. The van der Waals surface area contributed by atoms with Crippen molar-refractivity contribution in [2.45, 2.75) is 52.6 Å². The van der Waals surface area contributed by atoms with Crippen molar-refractivity contribution >= 4 is 0 Å². The third-order valence-corrected chi connectivity index (χ3v) is 3.59. The second kappa shape index (κ2) is 5.72. The van der Waals surface area contributed by atoms with Crippen molar-refractivity contribution < 1.29 is 0 Å². The molecule has 14 heavy (non-hydrogen) atoms. The van der Waals surface area contributed by atoms with Gasteiger partial charge in [0.25, 0.3) is 0 Å². The number of piperidine rings is 1. The average molecular weight is 198 g/mol. The Morgan fingerprint density at radius 2 is 2.07 bits per heavy atom. The molecule has 2 nitrogen and oxygen atoms in total. The zero-order valence-electron chi connectivity index (χ0n) is 10.2. The van der Waals surface area contributed by atoms with Gasteiger partial charge >= 0.3 is 0 Å². The van der Waals surface area contributed by atoms with Crippen molar-refractivity contribution in [1.29, 1.82) is 0 Å². The van der Waals surface area contributed by atoms with Crippen molar-refractivity contribution in [3.8, 4) is 0 Å². The molecule has 0 bridgehead atoms. The fourth-order valence-electron chi connectivity index (χ4n) is 2.38. The van der Waals surface area contributed by atoms with Gasteiger partial charge in [0.1, 0.15) is 0 Å². The van der Waals surface area contributed by atoms with Crippen LogP contribution in [-0.2, 0) is 0 Å². The van der Waals surface area contributed by atoms with Crippen molar-refractivity contribution in [2.75, 3.05) is 19.6 Å². The first kappa shape index (κ1) is 12.0. The van der Waals surface area contributed by atoms with Gasteiger partial charge < -0.3 is 5.32 Å². The number of nitrogens with zero attached hydrogens (tertiary/aromatic N) is 1. The molecule has 1 fully saturated rings. The monoisotopic (exact) mass is 198 g/mol. The standard InChI is InChI=1S/C12H26N2/c1-5-14(11(4)10(2)3)12-7-6-8-13-9-12/h10-13H,5-9H2,1-4H3. The molecular formula is C12H26N2. The third kappa shape index (κ3) is 2.96. The second-order valence-corrected chi connectivity index (χ2v) is 4.82. The Morgan fingerprint density at radius 3 is 2.50 bits per heavy atom. The molecule has 0 aromatic rings. The highest BCUT2D eigenvalue weighted by atomic mass is 15.2. The van der Waals surface area contributed by atoms with Crippen LogP contribution in [0.25, 0.3) is 0 Å². The van der Waals surface area contributed by atoms with Gasteiger partial charge in [0, 0.05) is 18.6 Å². The van der Waals surface area contributed by atoms with Gasteiger partial charge in [0.15, 0.2) is 0 Å². The lowest BCUT2D eigenvalue weighted by Gasteiger charge is -2.39. The number of hydrogen-bond donors (Lipinski definition) is 1. The molecule has 0 saturated carbocycles. The molecule has 1 N–H and O–H groups in total. The maximum absolute atomic E-state index is 3.50. The number of nitrogens with one attached hydrogen (secondary N) is 1. The minimum Gasteiger partial charge on any atom is -0.315 e. The lowest BCUT2D eigenvalue weighted by molar-refractivity contribution is 0.101. The van der Waals surface area contributed by atoms with E-state index in [1.54, 1.807) is 0 Å². The lowest BCUT2D eigenvalue weighted by atomic mass is 9.99. The smallest absolute Gasteiger partial charge is 0.0223 e. The zero-order chi connectivity index (χ0) is 10.6. The van der Waals surface area contributed by atoms with Crippen molar-refractivity contribution in [1.82, 2.24) is 10.2 Å². The van der Waals surface area contributed by atoms with Gasteiger partial charge in [0.05, 0.1) is 0 Å². The molecule has 1 aliphatic heterocycles. The molecule has 1 rings (SSSR count). The maximum atomic E-state index is 3.50. The van der Waals surface area contributed by atoms with E-state index in [9.17, 15) is 0 Å². The van der Waals surface area contributed by atoms with Gasteiger partial charge in [-0.3, -0.25) is 4.90 Å². The number of hydrogen-bond acceptors (Lipinski definition) is 2. The summed E-state index contributed by atoms with van der Waals surface area (Å²) in [7, 11) is 0. The molecule has 2 unspecified atom stereocenters. The fourth-order valence-corrected chi connectivity index (χ4v) is 2.38. The number of rotatable bonds is 4. The molecule has 1 aliphatic rings. The van der Waals surface area contributed by atoms with Crippen molar-refractivity contribution in [3.05, 3.63) is 0 Å². The fraction of sp³-hybridized carbons (Fsp3) is 1.00. The van der Waals surface area contributed by atoms with Crippen LogP contribution in [0.1, 0.15) is 40.5 Å². The highest BCUT2D eigenvalue weighted by Gasteiger charge is 2.24. The first-order valence-electron chi connectivity index (χ1n) is 6.13. The summed E-state index contributed by atoms with van der Waals surface area (Å²) in [5.74, 6) is 0.761. The Labute approximate surface area is 89.1 Å². The first-order valence-corrected chi connectivity index (χ1v) is 6.13. The summed E-state index contributed by atoms with van der Waals surface area (Å²) in [6.45, 7) is 12.9. The van der Waals surface area contributed by atoms with Gasteiger partial charge in [-0.15, -0.1) is 0 Å². The summed E-state index contributed by atoms with van der Waals surface area (Å²) in [5.41, 5.74) is 0. The van der Waals surface area contributed by atoms with Gasteiger partial charge in [-0.1, -0.05) is 20.8 Å². The second-order valence-electron chi connectivity index (χ2n) is 4.82. The molecule has 0 aromatic carbocycles. The van der Waals surface area contributed by atoms with E-state index in [2.05, 4.69) is 37.9 Å². The van der Waals surface area contributed by atoms with Crippen LogP contribution in [0.15, 0.2) is 0 Å².